The van der Waals surface area contributed by atoms with Crippen molar-refractivity contribution in [3.05, 3.63) is 201 Å². The van der Waals surface area contributed by atoms with Crippen molar-refractivity contribution in [1.29, 1.82) is 0 Å². The van der Waals surface area contributed by atoms with Crippen LogP contribution in [0.25, 0.3) is 0 Å². The highest BCUT2D eigenvalue weighted by Gasteiger charge is 2.23. The van der Waals surface area contributed by atoms with Crippen LogP contribution in [0, 0.1) is 13.8 Å². The van der Waals surface area contributed by atoms with Crippen molar-refractivity contribution >= 4 is 21.6 Å². The highest BCUT2D eigenvalue weighted by Crippen LogP contribution is 2.22. The first-order chi connectivity index (χ1) is 30.0. The van der Waals surface area contributed by atoms with Crippen LogP contribution in [0.5, 0.6) is 5.75 Å². The number of methoxy groups -OCH3 is 1. The number of sulfonamides is 1. The van der Waals surface area contributed by atoms with E-state index < -0.39 is 10.0 Å². The van der Waals surface area contributed by atoms with Crippen molar-refractivity contribution in [2.75, 3.05) is 39.8 Å². The van der Waals surface area contributed by atoms with E-state index in [1.165, 1.54) is 38.9 Å². The van der Waals surface area contributed by atoms with Crippen LogP contribution >= 0.6 is 0 Å². The Labute approximate surface area is 367 Å². The summed E-state index contributed by atoms with van der Waals surface area (Å²) < 4.78 is 29.9. The lowest BCUT2D eigenvalue weighted by molar-refractivity contribution is 0.0913. The van der Waals surface area contributed by atoms with Gasteiger partial charge in [0, 0.05) is 50.4 Å². The normalized spacial score (nSPS) is 15.0. The van der Waals surface area contributed by atoms with Gasteiger partial charge in [0.2, 0.25) is 0 Å². The summed E-state index contributed by atoms with van der Waals surface area (Å²) in [7, 11) is -2.02. The van der Waals surface area contributed by atoms with E-state index in [0.717, 1.165) is 62.1 Å². The first-order valence-corrected chi connectivity index (χ1v) is 22.8. The summed E-state index contributed by atoms with van der Waals surface area (Å²) in [4.78, 5) is 32.0. The van der Waals surface area contributed by atoms with E-state index in [1.807, 2.05) is 80.6 Å². The Balaban J connectivity index is 0.000000140. The smallest absolute Gasteiger partial charge is 0.253 e. The number of ether oxygens (including phenoxy) is 1. The zero-order valence-corrected chi connectivity index (χ0v) is 36.7. The number of nitrogens with one attached hydrogen (secondary N) is 1. The summed E-state index contributed by atoms with van der Waals surface area (Å²) in [5.41, 5.74) is 12.0. The Kier molecular flexibility index (Phi) is 14.9. The lowest BCUT2D eigenvalue weighted by atomic mass is 9.99. The lowest BCUT2D eigenvalue weighted by Crippen LogP contribution is -2.44. The molecule has 62 heavy (non-hydrogen) atoms. The van der Waals surface area contributed by atoms with Crippen LogP contribution in [0.4, 0.5) is 0 Å². The molecule has 3 aliphatic rings. The number of rotatable bonds is 10. The molecule has 9 rings (SSSR count). The number of Topliss-reactive ketones (excluding diaryl/α,β-unsaturated/α-hetero) is 2. The number of hydrogen-bond acceptors (Lipinski definition) is 8. The number of nitrogens with zero attached hydrogens (tertiary/aromatic N) is 3. The van der Waals surface area contributed by atoms with E-state index in [2.05, 4.69) is 69.2 Å². The number of ketones is 2. The third-order valence-corrected chi connectivity index (χ3v) is 13.0. The molecule has 1 N–H and O–H groups in total. The molecule has 0 fully saturated rings. The molecule has 10 heteroatoms. The van der Waals surface area contributed by atoms with Crippen LogP contribution in [0.2, 0.25) is 0 Å². The fourth-order valence-corrected chi connectivity index (χ4v) is 9.09. The van der Waals surface area contributed by atoms with Gasteiger partial charge in [0.15, 0.2) is 11.6 Å². The standard InChI is InChI=1S/2C18H19NO.C16H18N2O3S/c2*1-14-6-8-16(9-7-14)18(20)13-19-11-10-15-4-2-3-5-17(15)12-19;1-21-15-6-8-16(9-7-15)22(19,20)17-18-11-10-13-4-2-3-5-14(13)12-18/h2*2-9H,10-13H2,1H3;2-9,17H,10-12H2,1H3. The molecule has 0 amide bonds. The minimum absolute atomic E-state index is 0.212. The summed E-state index contributed by atoms with van der Waals surface area (Å²) >= 11 is 0. The molecule has 3 aliphatic heterocycles. The monoisotopic (exact) mass is 848 g/mol. The number of carbonyl (C=O) groups excluding carboxylic acids is 2. The summed E-state index contributed by atoms with van der Waals surface area (Å²) in [6, 6.07) is 47.2. The van der Waals surface area contributed by atoms with Crippen LogP contribution < -0.4 is 9.57 Å². The third kappa shape index (κ3) is 12.0. The summed E-state index contributed by atoms with van der Waals surface area (Å²) in [6.07, 6.45) is 2.91. The molecule has 3 heterocycles. The van der Waals surface area contributed by atoms with Crippen molar-refractivity contribution in [3.8, 4) is 5.75 Å². The molecule has 0 bridgehead atoms. The van der Waals surface area contributed by atoms with Gasteiger partial charge in [0.1, 0.15) is 5.75 Å². The molecular formula is C52H56N4O5S. The van der Waals surface area contributed by atoms with E-state index in [9.17, 15) is 18.0 Å². The van der Waals surface area contributed by atoms with Crippen LogP contribution in [0.3, 0.4) is 0 Å². The minimum Gasteiger partial charge on any atom is -0.497 e. The maximum Gasteiger partial charge on any atom is 0.253 e. The van der Waals surface area contributed by atoms with Gasteiger partial charge in [0.25, 0.3) is 10.0 Å². The maximum atomic E-state index is 12.4. The van der Waals surface area contributed by atoms with Crippen molar-refractivity contribution in [3.63, 3.8) is 0 Å². The molecule has 9 nitrogen and oxygen atoms in total. The number of aryl methyl sites for hydroxylation is 2. The Hall–Kier alpha value is -5.75. The summed E-state index contributed by atoms with van der Waals surface area (Å²) in [5, 5.41) is 1.74. The van der Waals surface area contributed by atoms with E-state index in [1.54, 1.807) is 36.4 Å². The van der Waals surface area contributed by atoms with Crippen LogP contribution in [-0.2, 0) is 48.9 Å². The van der Waals surface area contributed by atoms with Crippen molar-refractivity contribution in [1.82, 2.24) is 19.6 Å². The van der Waals surface area contributed by atoms with Gasteiger partial charge >= 0.3 is 0 Å². The Morgan fingerprint density at radius 3 is 1.32 bits per heavy atom. The van der Waals surface area contributed by atoms with Gasteiger partial charge in [-0.25, -0.2) is 13.4 Å². The molecule has 0 saturated heterocycles. The van der Waals surface area contributed by atoms with Crippen molar-refractivity contribution in [2.24, 2.45) is 0 Å². The predicted molar refractivity (Wildman–Crippen MR) is 246 cm³/mol. The molecule has 0 aromatic heterocycles. The van der Waals surface area contributed by atoms with Crippen LogP contribution in [0.1, 0.15) is 65.2 Å². The van der Waals surface area contributed by atoms with Gasteiger partial charge in [-0.05, 0) is 90.8 Å². The average molecular weight is 849 g/mol. The first-order valence-electron chi connectivity index (χ1n) is 21.3. The Bertz CT molecular complexity index is 2450. The molecule has 0 aliphatic carbocycles. The number of fused-ring (bicyclic) bond motifs is 3. The van der Waals surface area contributed by atoms with Gasteiger partial charge in [-0.2, -0.15) is 0 Å². The van der Waals surface area contributed by atoms with E-state index in [-0.39, 0.29) is 16.5 Å². The van der Waals surface area contributed by atoms with Gasteiger partial charge < -0.3 is 4.74 Å². The fourth-order valence-electron chi connectivity index (χ4n) is 8.00. The van der Waals surface area contributed by atoms with Gasteiger partial charge in [-0.3, -0.25) is 19.4 Å². The highest BCUT2D eigenvalue weighted by molar-refractivity contribution is 7.89. The zero-order valence-electron chi connectivity index (χ0n) is 35.9. The second-order valence-electron chi connectivity index (χ2n) is 16.2. The van der Waals surface area contributed by atoms with E-state index in [4.69, 9.17) is 4.74 Å². The Morgan fingerprint density at radius 2 is 0.903 bits per heavy atom. The molecule has 6 aromatic carbocycles. The molecule has 0 radical (unpaired) electrons. The SMILES string of the molecule is COc1ccc(S(=O)(=O)NN2CCc3ccccc3C2)cc1.Cc1ccc(C(=O)CN2CCc3ccccc3C2)cc1.Cc1ccc(C(=O)CN2CCc3ccccc3C2)cc1. The predicted octanol–water partition coefficient (Wildman–Crippen LogP) is 8.42. The quantitative estimate of drug-likeness (QED) is 0.137. The van der Waals surface area contributed by atoms with E-state index >= 15 is 0 Å². The number of benzene rings is 6. The first kappa shape index (κ1) is 44.3. The van der Waals surface area contributed by atoms with Crippen LogP contribution in [-0.4, -0.2) is 74.6 Å². The van der Waals surface area contributed by atoms with Gasteiger partial charge in [-0.15, -0.1) is 4.83 Å². The van der Waals surface area contributed by atoms with Crippen molar-refractivity contribution < 1.29 is 22.7 Å². The summed E-state index contributed by atoms with van der Waals surface area (Å²) in [5.74, 6) is 1.06. The molecule has 0 spiro atoms. The second kappa shape index (κ2) is 20.9. The number of hydrazine groups is 1. The van der Waals surface area contributed by atoms with E-state index in [0.29, 0.717) is 31.9 Å². The third-order valence-electron chi connectivity index (χ3n) is 11.7. The molecule has 0 saturated carbocycles. The Morgan fingerprint density at radius 1 is 0.516 bits per heavy atom. The molecular weight excluding hydrogens is 793 g/mol. The minimum atomic E-state index is -3.57. The highest BCUT2D eigenvalue weighted by atomic mass is 32.2. The maximum absolute atomic E-state index is 12.4. The largest absolute Gasteiger partial charge is 0.497 e. The average Bonchev–Trinajstić information content (AvgIpc) is 3.29. The number of carbonyl (C=O) groups is 2. The topological polar surface area (TPSA) is 99.3 Å². The second-order valence-corrected chi connectivity index (χ2v) is 17.9. The molecule has 0 atom stereocenters. The van der Waals surface area contributed by atoms with Gasteiger partial charge in [0.05, 0.1) is 25.1 Å². The lowest BCUT2D eigenvalue weighted by Gasteiger charge is -2.28. The zero-order chi connectivity index (χ0) is 43.5. The van der Waals surface area contributed by atoms with Crippen molar-refractivity contribution in [2.45, 2.75) is 57.6 Å². The molecule has 320 valence electrons. The molecule has 0 unspecified atom stereocenters. The number of hydrogen-bond donors (Lipinski definition) is 1. The fraction of sp³-hybridized carbons (Fsp3) is 0.269. The van der Waals surface area contributed by atoms with Crippen LogP contribution in [0.15, 0.2) is 150 Å². The van der Waals surface area contributed by atoms with Gasteiger partial charge in [-0.1, -0.05) is 132 Å². The summed E-state index contributed by atoms with van der Waals surface area (Å²) in [6.45, 7) is 10.0. The molecule has 6 aromatic rings.